The Morgan fingerprint density at radius 2 is 2.16 bits per heavy atom. The van der Waals surface area contributed by atoms with Gasteiger partial charge < -0.3 is 0 Å². The highest BCUT2D eigenvalue weighted by molar-refractivity contribution is 9.10. The topological polar surface area (TPSA) is 50.3 Å². The van der Waals surface area contributed by atoms with Crippen LogP contribution in [0.3, 0.4) is 0 Å². The number of sulfonamides is 1. The van der Waals surface area contributed by atoms with Crippen LogP contribution < -0.4 is 0 Å². The molecule has 0 aromatic carbocycles. The van der Waals surface area contributed by atoms with Crippen molar-refractivity contribution in [1.82, 2.24) is 9.29 Å². The molecule has 102 valence electrons. The van der Waals surface area contributed by atoms with E-state index in [2.05, 4.69) is 20.9 Å². The molecule has 2 aromatic rings. The van der Waals surface area contributed by atoms with Gasteiger partial charge in [-0.1, -0.05) is 0 Å². The summed E-state index contributed by atoms with van der Waals surface area (Å²) in [5.74, 6) is -0.673. The Bertz CT molecular complexity index is 688. The van der Waals surface area contributed by atoms with Gasteiger partial charge in [0.2, 0.25) is 10.0 Å². The van der Waals surface area contributed by atoms with E-state index < -0.39 is 15.8 Å². The molecule has 0 unspecified atom stereocenters. The molecule has 0 aliphatic rings. The third-order valence-corrected chi connectivity index (χ3v) is 5.84. The minimum Gasteiger partial charge on any atom is -0.260 e. The van der Waals surface area contributed by atoms with Crippen molar-refractivity contribution >= 4 is 37.3 Å². The van der Waals surface area contributed by atoms with E-state index in [0.717, 1.165) is 27.8 Å². The molecule has 0 amide bonds. The molecule has 0 spiro atoms. The maximum Gasteiger partial charge on any atom is 0.244 e. The number of aromatic nitrogens is 1. The average Bonchev–Trinajstić information content (AvgIpc) is 2.74. The molecule has 0 aliphatic heterocycles. The second-order valence-electron chi connectivity index (χ2n) is 3.83. The van der Waals surface area contributed by atoms with E-state index in [9.17, 15) is 12.8 Å². The predicted octanol–water partition coefficient (Wildman–Crippen LogP) is 2.87. The minimum atomic E-state index is -3.73. The average molecular weight is 365 g/mol. The Morgan fingerprint density at radius 1 is 1.42 bits per heavy atom. The van der Waals surface area contributed by atoms with E-state index >= 15 is 0 Å². The highest BCUT2D eigenvalue weighted by Gasteiger charge is 2.22. The largest absolute Gasteiger partial charge is 0.260 e. The second kappa shape index (κ2) is 5.66. The molecule has 0 atom stereocenters. The first-order valence-electron chi connectivity index (χ1n) is 5.19. The lowest BCUT2D eigenvalue weighted by atomic mass is 10.5. The Labute approximate surface area is 123 Å². The van der Waals surface area contributed by atoms with Crippen molar-refractivity contribution < 1.29 is 12.8 Å². The Kier molecular flexibility index (Phi) is 4.34. The predicted molar refractivity (Wildman–Crippen MR) is 74.9 cm³/mol. The summed E-state index contributed by atoms with van der Waals surface area (Å²) in [5.41, 5.74) is 0. The number of hydrogen-bond acceptors (Lipinski definition) is 4. The van der Waals surface area contributed by atoms with Gasteiger partial charge in [0.1, 0.15) is 10.7 Å². The summed E-state index contributed by atoms with van der Waals surface area (Å²) < 4.78 is 39.5. The van der Waals surface area contributed by atoms with Gasteiger partial charge in [0.25, 0.3) is 0 Å². The number of rotatable bonds is 4. The Balaban J connectivity index is 2.24. The lowest BCUT2D eigenvalue weighted by Gasteiger charge is -2.15. The molecule has 0 aliphatic carbocycles. The molecule has 19 heavy (non-hydrogen) atoms. The first-order valence-corrected chi connectivity index (χ1v) is 8.30. The van der Waals surface area contributed by atoms with Gasteiger partial charge in [-0.3, -0.25) is 4.98 Å². The number of nitrogens with zero attached hydrogens (tertiary/aromatic N) is 2. The van der Waals surface area contributed by atoms with Gasteiger partial charge in [-0.15, -0.1) is 11.3 Å². The van der Waals surface area contributed by atoms with Gasteiger partial charge in [0.15, 0.2) is 0 Å². The fraction of sp³-hybridized carbons (Fsp3) is 0.182. The van der Waals surface area contributed by atoms with Crippen LogP contribution in [0.2, 0.25) is 0 Å². The van der Waals surface area contributed by atoms with E-state index in [-0.39, 0.29) is 11.4 Å². The molecular formula is C11H10BrFN2O2S2. The number of thiophene rings is 1. The quantitative estimate of drug-likeness (QED) is 0.837. The molecule has 4 nitrogen and oxygen atoms in total. The third kappa shape index (κ3) is 3.38. The third-order valence-electron chi connectivity index (χ3n) is 2.39. The molecule has 0 bridgehead atoms. The van der Waals surface area contributed by atoms with E-state index in [1.807, 2.05) is 11.4 Å². The summed E-state index contributed by atoms with van der Waals surface area (Å²) in [4.78, 5) is 4.30. The van der Waals surface area contributed by atoms with Gasteiger partial charge in [-0.2, -0.15) is 4.31 Å². The normalized spacial score (nSPS) is 12.0. The molecule has 2 aromatic heterocycles. The monoisotopic (exact) mass is 364 g/mol. The molecule has 0 saturated heterocycles. The second-order valence-corrected chi connectivity index (χ2v) is 7.79. The van der Waals surface area contributed by atoms with Crippen molar-refractivity contribution in [3.63, 3.8) is 0 Å². The molecule has 0 N–H and O–H groups in total. The first-order chi connectivity index (χ1) is 8.89. The summed E-state index contributed by atoms with van der Waals surface area (Å²) in [5, 5.41) is 1.87. The fourth-order valence-corrected chi connectivity index (χ4v) is 4.16. The van der Waals surface area contributed by atoms with Crippen molar-refractivity contribution in [2.45, 2.75) is 11.4 Å². The zero-order chi connectivity index (χ0) is 14.0. The number of halogens is 2. The van der Waals surface area contributed by atoms with Crippen LogP contribution >= 0.6 is 27.3 Å². The van der Waals surface area contributed by atoms with E-state index in [1.165, 1.54) is 22.7 Å². The summed E-state index contributed by atoms with van der Waals surface area (Å²) >= 11 is 4.76. The molecule has 0 fully saturated rings. The summed E-state index contributed by atoms with van der Waals surface area (Å²) in [6, 6.07) is 2.81. The number of hydrogen-bond donors (Lipinski definition) is 0. The Hall–Kier alpha value is -0.830. The smallest absolute Gasteiger partial charge is 0.244 e. The van der Waals surface area contributed by atoms with Crippen LogP contribution in [-0.4, -0.2) is 24.8 Å². The highest BCUT2D eigenvalue weighted by atomic mass is 79.9. The fourth-order valence-electron chi connectivity index (χ4n) is 1.45. The van der Waals surface area contributed by atoms with Crippen molar-refractivity contribution in [1.29, 1.82) is 0 Å². The minimum absolute atomic E-state index is 0.148. The number of pyridine rings is 1. The van der Waals surface area contributed by atoms with Crippen LogP contribution in [0.25, 0.3) is 0 Å². The van der Waals surface area contributed by atoms with Gasteiger partial charge in [-0.25, -0.2) is 12.8 Å². The van der Waals surface area contributed by atoms with Crippen molar-refractivity contribution in [2.75, 3.05) is 7.05 Å². The standard InChI is InChI=1S/C11H10BrFN2O2S2/c1-15(6-10-2-8(12)7-18-10)19(16,17)11-3-9(13)4-14-5-11/h2-5,7H,6H2,1H3. The van der Waals surface area contributed by atoms with Crippen molar-refractivity contribution in [2.24, 2.45) is 0 Å². The highest BCUT2D eigenvalue weighted by Crippen LogP contribution is 2.23. The van der Waals surface area contributed by atoms with E-state index in [4.69, 9.17) is 0 Å². The first kappa shape index (κ1) is 14.6. The van der Waals surface area contributed by atoms with Crippen LogP contribution in [0.1, 0.15) is 4.88 Å². The molecule has 0 radical (unpaired) electrons. The van der Waals surface area contributed by atoms with Crippen LogP contribution in [0.4, 0.5) is 4.39 Å². The lowest BCUT2D eigenvalue weighted by molar-refractivity contribution is 0.468. The van der Waals surface area contributed by atoms with Crippen molar-refractivity contribution in [3.05, 3.63) is 45.1 Å². The SMILES string of the molecule is CN(Cc1cc(Br)cs1)S(=O)(=O)c1cncc(F)c1. The van der Waals surface area contributed by atoms with E-state index in [1.54, 1.807) is 0 Å². The van der Waals surface area contributed by atoms with Gasteiger partial charge in [-0.05, 0) is 28.1 Å². The van der Waals surface area contributed by atoms with Crippen LogP contribution in [-0.2, 0) is 16.6 Å². The lowest BCUT2D eigenvalue weighted by Crippen LogP contribution is -2.26. The van der Waals surface area contributed by atoms with Crippen LogP contribution in [0, 0.1) is 5.82 Å². The molecule has 8 heteroatoms. The zero-order valence-corrected chi connectivity index (χ0v) is 13.1. The Morgan fingerprint density at radius 3 is 2.74 bits per heavy atom. The van der Waals surface area contributed by atoms with Crippen LogP contribution in [0.5, 0.6) is 0 Å². The van der Waals surface area contributed by atoms with Gasteiger partial charge in [0.05, 0.1) is 6.20 Å². The van der Waals surface area contributed by atoms with E-state index in [0.29, 0.717) is 0 Å². The molecular weight excluding hydrogens is 355 g/mol. The molecule has 0 saturated carbocycles. The van der Waals surface area contributed by atoms with Crippen LogP contribution in [0.15, 0.2) is 39.3 Å². The molecule has 2 rings (SSSR count). The van der Waals surface area contributed by atoms with Gasteiger partial charge >= 0.3 is 0 Å². The summed E-state index contributed by atoms with van der Waals surface area (Å²) in [6.07, 6.45) is 2.11. The van der Waals surface area contributed by atoms with Gasteiger partial charge in [0, 0.05) is 34.5 Å². The maximum atomic E-state index is 13.0. The summed E-state index contributed by atoms with van der Waals surface area (Å²) in [7, 11) is -2.28. The maximum absolute atomic E-state index is 13.0. The van der Waals surface area contributed by atoms with Crippen molar-refractivity contribution in [3.8, 4) is 0 Å². The summed E-state index contributed by atoms with van der Waals surface area (Å²) in [6.45, 7) is 0.231. The molecule has 2 heterocycles. The zero-order valence-electron chi connectivity index (χ0n) is 9.88.